The topological polar surface area (TPSA) is 29.5 Å². The molecule has 1 aliphatic heterocycles. The third-order valence-corrected chi connectivity index (χ3v) is 3.94. The molecular formula is C19H19NO2. The van der Waals surface area contributed by atoms with Gasteiger partial charge in [0, 0.05) is 17.8 Å². The number of hydrogen-bond donors (Lipinski definition) is 0. The third kappa shape index (κ3) is 2.62. The Morgan fingerprint density at radius 1 is 1.18 bits per heavy atom. The fourth-order valence-corrected chi connectivity index (χ4v) is 2.82. The lowest BCUT2D eigenvalue weighted by Gasteiger charge is -2.17. The van der Waals surface area contributed by atoms with Gasteiger partial charge in [0.05, 0.1) is 7.11 Å². The monoisotopic (exact) mass is 293 g/mol. The summed E-state index contributed by atoms with van der Waals surface area (Å²) in [5.41, 5.74) is 4.12. The number of hydrogen-bond acceptors (Lipinski definition) is 2. The number of nitrogens with zero attached hydrogens (tertiary/aromatic N) is 1. The molecule has 1 aliphatic rings. The molecule has 0 unspecified atom stereocenters. The number of ether oxygens (including phenoxy) is 1. The average Bonchev–Trinajstić information content (AvgIpc) is 2.98. The Bertz CT molecular complexity index is 717. The number of allylic oxidation sites excluding steroid dienone is 1. The minimum absolute atomic E-state index is 0.0418. The second-order valence-corrected chi connectivity index (χ2v) is 5.32. The zero-order chi connectivity index (χ0) is 15.5. The molecule has 1 amide bonds. The van der Waals surface area contributed by atoms with Gasteiger partial charge < -0.3 is 9.64 Å². The van der Waals surface area contributed by atoms with Crippen molar-refractivity contribution >= 4 is 17.7 Å². The summed E-state index contributed by atoms with van der Waals surface area (Å²) in [4.78, 5) is 14.5. The third-order valence-electron chi connectivity index (χ3n) is 3.94. The standard InChI is InChI=1S/C19H19NO2/c1-3-4-14-5-10-18-16(13-14)11-12-20(18)19(21)15-6-8-17(22-2)9-7-15/h3-10,13H,11-12H2,1-2H3. The minimum Gasteiger partial charge on any atom is -0.497 e. The van der Waals surface area contributed by atoms with Gasteiger partial charge in [-0.15, -0.1) is 0 Å². The van der Waals surface area contributed by atoms with E-state index in [2.05, 4.69) is 18.2 Å². The maximum atomic E-state index is 12.7. The van der Waals surface area contributed by atoms with Crippen LogP contribution in [0.15, 0.2) is 48.5 Å². The van der Waals surface area contributed by atoms with Crippen LogP contribution in [0.4, 0.5) is 5.69 Å². The van der Waals surface area contributed by atoms with E-state index in [0.717, 1.165) is 24.4 Å². The van der Waals surface area contributed by atoms with Crippen LogP contribution in [0.2, 0.25) is 0 Å². The molecule has 3 heteroatoms. The van der Waals surface area contributed by atoms with E-state index in [1.165, 1.54) is 11.1 Å². The van der Waals surface area contributed by atoms with E-state index >= 15 is 0 Å². The number of carbonyl (C=O) groups excluding carboxylic acids is 1. The van der Waals surface area contributed by atoms with Gasteiger partial charge in [0.15, 0.2) is 0 Å². The molecule has 2 aromatic carbocycles. The Morgan fingerprint density at radius 2 is 1.95 bits per heavy atom. The van der Waals surface area contributed by atoms with Crippen LogP contribution in [0.25, 0.3) is 6.08 Å². The van der Waals surface area contributed by atoms with Gasteiger partial charge in [0.1, 0.15) is 5.75 Å². The van der Waals surface area contributed by atoms with Crippen molar-refractivity contribution < 1.29 is 9.53 Å². The molecule has 0 N–H and O–H groups in total. The van der Waals surface area contributed by atoms with E-state index in [1.54, 1.807) is 7.11 Å². The Hall–Kier alpha value is -2.55. The molecule has 3 nitrogen and oxygen atoms in total. The molecule has 112 valence electrons. The van der Waals surface area contributed by atoms with Gasteiger partial charge in [-0.25, -0.2) is 0 Å². The fraction of sp³-hybridized carbons (Fsp3) is 0.211. The molecule has 0 saturated heterocycles. The number of anilines is 1. The molecule has 0 saturated carbocycles. The summed E-state index contributed by atoms with van der Waals surface area (Å²) in [6.07, 6.45) is 5.01. The maximum absolute atomic E-state index is 12.7. The zero-order valence-corrected chi connectivity index (χ0v) is 12.9. The minimum atomic E-state index is 0.0418. The molecule has 22 heavy (non-hydrogen) atoms. The molecule has 1 heterocycles. The van der Waals surface area contributed by atoms with E-state index in [-0.39, 0.29) is 5.91 Å². The summed E-state index contributed by atoms with van der Waals surface area (Å²) in [6, 6.07) is 13.5. The highest BCUT2D eigenvalue weighted by Crippen LogP contribution is 2.30. The smallest absolute Gasteiger partial charge is 0.258 e. The first-order valence-electron chi connectivity index (χ1n) is 7.44. The van der Waals surface area contributed by atoms with Gasteiger partial charge in [0.25, 0.3) is 5.91 Å². The van der Waals surface area contributed by atoms with Crippen LogP contribution in [0.3, 0.4) is 0 Å². The van der Waals surface area contributed by atoms with Crippen LogP contribution >= 0.6 is 0 Å². The molecule has 0 fully saturated rings. The number of carbonyl (C=O) groups is 1. The van der Waals surface area contributed by atoms with E-state index in [0.29, 0.717) is 5.56 Å². The SMILES string of the molecule is CC=Cc1ccc2c(c1)CCN2C(=O)c1ccc(OC)cc1. The molecule has 3 rings (SSSR count). The van der Waals surface area contributed by atoms with Crippen molar-refractivity contribution in [3.63, 3.8) is 0 Å². The second-order valence-electron chi connectivity index (χ2n) is 5.32. The normalized spacial score (nSPS) is 13.5. The number of benzene rings is 2. The number of rotatable bonds is 3. The second kappa shape index (κ2) is 6.06. The Kier molecular flexibility index (Phi) is 3.96. The van der Waals surface area contributed by atoms with E-state index in [9.17, 15) is 4.79 Å². The van der Waals surface area contributed by atoms with Gasteiger partial charge in [-0.1, -0.05) is 18.2 Å². The molecule has 2 aromatic rings. The average molecular weight is 293 g/mol. The van der Waals surface area contributed by atoms with Crippen molar-refractivity contribution in [2.24, 2.45) is 0 Å². The largest absolute Gasteiger partial charge is 0.497 e. The molecular weight excluding hydrogens is 274 g/mol. The van der Waals surface area contributed by atoms with Crippen molar-refractivity contribution in [3.8, 4) is 5.75 Å². The highest BCUT2D eigenvalue weighted by molar-refractivity contribution is 6.07. The van der Waals surface area contributed by atoms with Crippen LogP contribution in [-0.4, -0.2) is 19.6 Å². The van der Waals surface area contributed by atoms with Crippen LogP contribution in [0.5, 0.6) is 5.75 Å². The first-order chi connectivity index (χ1) is 10.7. The van der Waals surface area contributed by atoms with E-state index in [4.69, 9.17) is 4.74 Å². The molecule has 0 atom stereocenters. The van der Waals surface area contributed by atoms with Crippen LogP contribution in [-0.2, 0) is 6.42 Å². The number of fused-ring (bicyclic) bond motifs is 1. The molecule has 0 aliphatic carbocycles. The molecule has 0 radical (unpaired) electrons. The van der Waals surface area contributed by atoms with Gasteiger partial charge in [0.2, 0.25) is 0 Å². The van der Waals surface area contributed by atoms with Crippen molar-refractivity contribution in [1.82, 2.24) is 0 Å². The summed E-state index contributed by atoms with van der Waals surface area (Å²) in [7, 11) is 1.62. The Labute approximate surface area is 130 Å². The van der Waals surface area contributed by atoms with Crippen molar-refractivity contribution in [2.75, 3.05) is 18.6 Å². The lowest BCUT2D eigenvalue weighted by atomic mass is 10.1. The van der Waals surface area contributed by atoms with Crippen molar-refractivity contribution in [3.05, 3.63) is 65.2 Å². The molecule has 0 aromatic heterocycles. The predicted octanol–water partition coefficient (Wildman–Crippen LogP) is 3.93. The maximum Gasteiger partial charge on any atom is 0.258 e. The summed E-state index contributed by atoms with van der Waals surface area (Å²) in [5, 5.41) is 0. The lowest BCUT2D eigenvalue weighted by Crippen LogP contribution is -2.28. The highest BCUT2D eigenvalue weighted by atomic mass is 16.5. The van der Waals surface area contributed by atoms with E-state index < -0.39 is 0 Å². The summed E-state index contributed by atoms with van der Waals surface area (Å²) >= 11 is 0. The van der Waals surface area contributed by atoms with E-state index in [1.807, 2.05) is 48.2 Å². The molecule has 0 spiro atoms. The van der Waals surface area contributed by atoms with Gasteiger partial charge in [-0.2, -0.15) is 0 Å². The summed E-state index contributed by atoms with van der Waals surface area (Å²) in [5.74, 6) is 0.801. The lowest BCUT2D eigenvalue weighted by molar-refractivity contribution is 0.0989. The van der Waals surface area contributed by atoms with Crippen molar-refractivity contribution in [1.29, 1.82) is 0 Å². The highest BCUT2D eigenvalue weighted by Gasteiger charge is 2.25. The van der Waals surface area contributed by atoms with Crippen LogP contribution < -0.4 is 9.64 Å². The fourth-order valence-electron chi connectivity index (χ4n) is 2.82. The van der Waals surface area contributed by atoms with Crippen LogP contribution in [0, 0.1) is 0 Å². The number of amides is 1. The quantitative estimate of drug-likeness (QED) is 0.858. The Balaban J connectivity index is 1.87. The summed E-state index contributed by atoms with van der Waals surface area (Å²) in [6.45, 7) is 2.74. The Morgan fingerprint density at radius 3 is 2.64 bits per heavy atom. The van der Waals surface area contributed by atoms with Crippen molar-refractivity contribution in [2.45, 2.75) is 13.3 Å². The number of methoxy groups -OCH3 is 1. The zero-order valence-electron chi connectivity index (χ0n) is 12.9. The van der Waals surface area contributed by atoms with Gasteiger partial charge in [-0.3, -0.25) is 4.79 Å². The van der Waals surface area contributed by atoms with Crippen LogP contribution in [0.1, 0.15) is 28.4 Å². The van der Waals surface area contributed by atoms with Gasteiger partial charge >= 0.3 is 0 Å². The first-order valence-corrected chi connectivity index (χ1v) is 7.44. The molecule has 0 bridgehead atoms. The predicted molar refractivity (Wildman–Crippen MR) is 89.5 cm³/mol. The summed E-state index contributed by atoms with van der Waals surface area (Å²) < 4.78 is 5.14. The van der Waals surface area contributed by atoms with Gasteiger partial charge in [-0.05, 0) is 60.9 Å². The first kappa shape index (κ1) is 14.4.